The summed E-state index contributed by atoms with van der Waals surface area (Å²) in [6, 6.07) is 15.4. The maximum atomic E-state index is 12.1. The lowest BCUT2D eigenvalue weighted by atomic mass is 10.1. The van der Waals surface area contributed by atoms with E-state index in [4.69, 9.17) is 10.5 Å². The van der Waals surface area contributed by atoms with Gasteiger partial charge in [-0.3, -0.25) is 4.79 Å². The molecule has 102 valence electrons. The maximum absolute atomic E-state index is 12.1. The number of nitrogens with two attached hydrogens (primary N) is 1. The molecule has 0 fully saturated rings. The Morgan fingerprint density at radius 3 is 2.75 bits per heavy atom. The zero-order chi connectivity index (χ0) is 13.9. The Morgan fingerprint density at radius 1 is 1.15 bits per heavy atom. The normalized spacial score (nSPS) is 14.4. The molecule has 0 atom stereocenters. The number of nitrogens with zero attached hydrogens (tertiary/aromatic N) is 1. The Balaban J connectivity index is 1.86. The topological polar surface area (TPSA) is 55.6 Å². The molecule has 20 heavy (non-hydrogen) atoms. The van der Waals surface area contributed by atoms with E-state index < -0.39 is 0 Å². The summed E-state index contributed by atoms with van der Waals surface area (Å²) in [5, 5.41) is 0. The number of hydrogen-bond donors (Lipinski definition) is 1. The summed E-state index contributed by atoms with van der Waals surface area (Å²) in [6.07, 6.45) is 0. The molecule has 2 aromatic rings. The van der Waals surface area contributed by atoms with Crippen molar-refractivity contribution in [1.82, 2.24) is 4.90 Å². The van der Waals surface area contributed by atoms with E-state index in [1.807, 2.05) is 42.5 Å². The van der Waals surface area contributed by atoms with Crippen molar-refractivity contribution in [3.8, 4) is 5.75 Å². The first-order chi connectivity index (χ1) is 9.72. The molecule has 0 spiro atoms. The minimum Gasteiger partial charge on any atom is -0.483 e. The average Bonchev–Trinajstić information content (AvgIpc) is 2.60. The van der Waals surface area contributed by atoms with Crippen LogP contribution in [0.2, 0.25) is 0 Å². The van der Waals surface area contributed by atoms with Crippen LogP contribution in [0.1, 0.15) is 11.1 Å². The van der Waals surface area contributed by atoms with Gasteiger partial charge >= 0.3 is 0 Å². The summed E-state index contributed by atoms with van der Waals surface area (Å²) in [5.74, 6) is 0.728. The molecule has 4 heteroatoms. The highest BCUT2D eigenvalue weighted by molar-refractivity contribution is 5.78. The predicted molar refractivity (Wildman–Crippen MR) is 77.0 cm³/mol. The van der Waals surface area contributed by atoms with Crippen molar-refractivity contribution in [1.29, 1.82) is 0 Å². The second-order valence-electron chi connectivity index (χ2n) is 4.89. The van der Waals surface area contributed by atoms with Gasteiger partial charge in [0.2, 0.25) is 0 Å². The van der Waals surface area contributed by atoms with E-state index in [1.54, 1.807) is 11.0 Å². The third-order valence-corrected chi connectivity index (χ3v) is 3.37. The van der Waals surface area contributed by atoms with Crippen molar-refractivity contribution in [3.63, 3.8) is 0 Å². The zero-order valence-electron chi connectivity index (χ0n) is 11.1. The lowest BCUT2D eigenvalue weighted by Gasteiger charge is -2.20. The largest absolute Gasteiger partial charge is 0.483 e. The first kappa shape index (κ1) is 12.5. The minimum absolute atomic E-state index is 0.0105. The van der Waals surface area contributed by atoms with E-state index in [9.17, 15) is 4.79 Å². The van der Waals surface area contributed by atoms with Crippen LogP contribution < -0.4 is 10.5 Å². The predicted octanol–water partition coefficient (Wildman–Crippen LogP) is 2.19. The van der Waals surface area contributed by atoms with Crippen molar-refractivity contribution < 1.29 is 9.53 Å². The number of hydrogen-bond acceptors (Lipinski definition) is 3. The highest BCUT2D eigenvalue weighted by Gasteiger charge is 2.21. The molecule has 1 aliphatic rings. The fourth-order valence-electron chi connectivity index (χ4n) is 2.34. The number of fused-ring (bicyclic) bond motifs is 1. The summed E-state index contributed by atoms with van der Waals surface area (Å²) in [7, 11) is 0. The lowest BCUT2D eigenvalue weighted by molar-refractivity contribution is -0.133. The van der Waals surface area contributed by atoms with Crippen LogP contribution in [0.25, 0.3) is 0 Å². The monoisotopic (exact) mass is 268 g/mol. The molecule has 0 aromatic heterocycles. The van der Waals surface area contributed by atoms with Gasteiger partial charge in [0.15, 0.2) is 6.61 Å². The smallest absolute Gasteiger partial charge is 0.261 e. The number of benzene rings is 2. The third kappa shape index (κ3) is 2.59. The van der Waals surface area contributed by atoms with Gasteiger partial charge in [0, 0.05) is 24.3 Å². The van der Waals surface area contributed by atoms with Gasteiger partial charge in [0.25, 0.3) is 5.91 Å². The molecule has 0 unspecified atom stereocenters. The molecule has 4 nitrogen and oxygen atoms in total. The number of carbonyl (C=O) groups excluding carboxylic acids is 1. The number of ether oxygens (including phenoxy) is 1. The Bertz CT molecular complexity index is 626. The second-order valence-corrected chi connectivity index (χ2v) is 4.89. The van der Waals surface area contributed by atoms with Gasteiger partial charge in [-0.2, -0.15) is 0 Å². The van der Waals surface area contributed by atoms with Crippen LogP contribution in [0.3, 0.4) is 0 Å². The number of rotatable bonds is 2. The SMILES string of the molecule is Nc1ccc2c(c1)CN(Cc1ccccc1)C(=O)CO2. The molecule has 0 bridgehead atoms. The quantitative estimate of drug-likeness (QED) is 0.849. The van der Waals surface area contributed by atoms with Gasteiger partial charge in [0.05, 0.1) is 0 Å². The maximum Gasteiger partial charge on any atom is 0.261 e. The van der Waals surface area contributed by atoms with Crippen LogP contribution in [0.15, 0.2) is 48.5 Å². The molecule has 1 aliphatic heterocycles. The van der Waals surface area contributed by atoms with E-state index >= 15 is 0 Å². The summed E-state index contributed by atoms with van der Waals surface area (Å²) in [4.78, 5) is 13.9. The average molecular weight is 268 g/mol. The fraction of sp³-hybridized carbons (Fsp3) is 0.188. The van der Waals surface area contributed by atoms with Crippen molar-refractivity contribution >= 4 is 11.6 Å². The first-order valence-corrected chi connectivity index (χ1v) is 6.55. The van der Waals surface area contributed by atoms with Gasteiger partial charge in [-0.15, -0.1) is 0 Å². The van der Waals surface area contributed by atoms with Gasteiger partial charge in [-0.1, -0.05) is 30.3 Å². The fourth-order valence-corrected chi connectivity index (χ4v) is 2.34. The Morgan fingerprint density at radius 2 is 1.95 bits per heavy atom. The molecule has 0 saturated carbocycles. The number of amides is 1. The number of anilines is 1. The van der Waals surface area contributed by atoms with E-state index in [2.05, 4.69) is 0 Å². The molecular weight excluding hydrogens is 252 g/mol. The van der Waals surface area contributed by atoms with Crippen LogP contribution >= 0.6 is 0 Å². The van der Waals surface area contributed by atoms with Crippen LogP contribution in [-0.4, -0.2) is 17.4 Å². The Hall–Kier alpha value is -2.49. The molecule has 1 heterocycles. The van der Waals surface area contributed by atoms with E-state index in [1.165, 1.54) is 0 Å². The van der Waals surface area contributed by atoms with Crippen LogP contribution in [0, 0.1) is 0 Å². The molecule has 0 radical (unpaired) electrons. The molecule has 2 aromatic carbocycles. The summed E-state index contributed by atoms with van der Waals surface area (Å²) < 4.78 is 5.54. The standard InChI is InChI=1S/C16H16N2O2/c17-14-6-7-15-13(8-14)10-18(16(19)11-20-15)9-12-4-2-1-3-5-12/h1-8H,9-11,17H2. The second kappa shape index (κ2) is 5.25. The van der Waals surface area contributed by atoms with Crippen molar-refractivity contribution in [2.75, 3.05) is 12.3 Å². The van der Waals surface area contributed by atoms with Crippen molar-refractivity contribution in [2.24, 2.45) is 0 Å². The highest BCUT2D eigenvalue weighted by Crippen LogP contribution is 2.26. The molecule has 1 amide bonds. The molecule has 2 N–H and O–H groups in total. The highest BCUT2D eigenvalue weighted by atomic mass is 16.5. The van der Waals surface area contributed by atoms with E-state index in [-0.39, 0.29) is 12.5 Å². The van der Waals surface area contributed by atoms with Crippen LogP contribution in [0.4, 0.5) is 5.69 Å². The molecular formula is C16H16N2O2. The number of carbonyl (C=O) groups is 1. The Kier molecular flexibility index (Phi) is 3.29. The van der Waals surface area contributed by atoms with E-state index in [0.29, 0.717) is 18.8 Å². The molecule has 3 rings (SSSR count). The molecule has 0 aliphatic carbocycles. The van der Waals surface area contributed by atoms with Crippen molar-refractivity contribution in [3.05, 3.63) is 59.7 Å². The summed E-state index contributed by atoms with van der Waals surface area (Å²) in [6.45, 7) is 1.18. The van der Waals surface area contributed by atoms with Gasteiger partial charge < -0.3 is 15.4 Å². The van der Waals surface area contributed by atoms with Crippen LogP contribution in [0.5, 0.6) is 5.75 Å². The van der Waals surface area contributed by atoms with Crippen LogP contribution in [-0.2, 0) is 17.9 Å². The van der Waals surface area contributed by atoms with Gasteiger partial charge in [-0.05, 0) is 23.8 Å². The van der Waals surface area contributed by atoms with Gasteiger partial charge in [0.1, 0.15) is 5.75 Å². The zero-order valence-corrected chi connectivity index (χ0v) is 11.1. The number of nitrogen functional groups attached to an aromatic ring is 1. The minimum atomic E-state index is -0.0105. The summed E-state index contributed by atoms with van der Waals surface area (Å²) >= 11 is 0. The summed E-state index contributed by atoms with van der Waals surface area (Å²) in [5.41, 5.74) is 8.54. The lowest BCUT2D eigenvalue weighted by Crippen LogP contribution is -2.31. The Labute approximate surface area is 117 Å². The molecule has 0 saturated heterocycles. The van der Waals surface area contributed by atoms with Gasteiger partial charge in [-0.25, -0.2) is 0 Å². The van der Waals surface area contributed by atoms with E-state index in [0.717, 1.165) is 16.9 Å². The first-order valence-electron chi connectivity index (χ1n) is 6.55. The third-order valence-electron chi connectivity index (χ3n) is 3.37. The van der Waals surface area contributed by atoms with Crippen molar-refractivity contribution in [2.45, 2.75) is 13.1 Å².